The van der Waals surface area contributed by atoms with Gasteiger partial charge < -0.3 is 15.0 Å². The van der Waals surface area contributed by atoms with E-state index in [1.807, 2.05) is 0 Å². The Morgan fingerprint density at radius 2 is 1.73 bits per heavy atom. The first kappa shape index (κ1) is 21.0. The Kier molecular flexibility index (Phi) is 5.86. The maximum Gasteiger partial charge on any atom is 0.573 e. The number of carbonyl (C=O) groups excluding carboxylic acids is 1. The fourth-order valence-corrected chi connectivity index (χ4v) is 2.72. The monoisotopic (exact) mass is 424 g/mol. The molecule has 1 unspecified atom stereocenters. The predicted molar refractivity (Wildman–Crippen MR) is 95.9 cm³/mol. The fraction of sp³-hybridized carbons (Fsp3) is 0.100. The maximum atomic E-state index is 14.2. The summed E-state index contributed by atoms with van der Waals surface area (Å²) in [4.78, 5) is 26.0. The number of aromatic amines is 1. The molecule has 0 bridgehead atoms. The average molecular weight is 424 g/mol. The van der Waals surface area contributed by atoms with Crippen LogP contribution in [0.3, 0.4) is 0 Å². The third kappa shape index (κ3) is 5.22. The second-order valence-electron chi connectivity index (χ2n) is 6.14. The first-order chi connectivity index (χ1) is 14.1. The Hall–Kier alpha value is -3.69. The smallest absolute Gasteiger partial charge is 0.403 e. The van der Waals surface area contributed by atoms with Crippen molar-refractivity contribution in [3.8, 4) is 5.75 Å². The Bertz CT molecular complexity index is 1110. The number of nitrogens with one attached hydrogen (secondary N) is 2. The molecule has 2 aromatic carbocycles. The molecule has 0 saturated carbocycles. The lowest BCUT2D eigenvalue weighted by atomic mass is 9.97. The van der Waals surface area contributed by atoms with E-state index in [2.05, 4.69) is 15.0 Å². The van der Waals surface area contributed by atoms with Crippen LogP contribution in [0.15, 0.2) is 65.6 Å². The molecular formula is C20H13F5N2O3. The minimum Gasteiger partial charge on any atom is -0.403 e. The zero-order chi connectivity index (χ0) is 21.9. The number of halogens is 5. The number of rotatable bonds is 5. The van der Waals surface area contributed by atoms with Gasteiger partial charge in [0.1, 0.15) is 5.82 Å². The summed E-state index contributed by atoms with van der Waals surface area (Å²) < 4.78 is 68.6. The quantitative estimate of drug-likeness (QED) is 0.607. The van der Waals surface area contributed by atoms with Crippen molar-refractivity contribution in [1.82, 2.24) is 10.3 Å². The van der Waals surface area contributed by atoms with Crippen LogP contribution in [-0.4, -0.2) is 17.3 Å². The molecule has 3 aromatic rings. The summed E-state index contributed by atoms with van der Waals surface area (Å²) in [6.45, 7) is 0. The highest BCUT2D eigenvalue weighted by Crippen LogP contribution is 2.30. The minimum atomic E-state index is -5.08. The molecule has 156 valence electrons. The van der Waals surface area contributed by atoms with E-state index >= 15 is 0 Å². The van der Waals surface area contributed by atoms with Crippen LogP contribution in [0.2, 0.25) is 0 Å². The largest absolute Gasteiger partial charge is 0.573 e. The van der Waals surface area contributed by atoms with E-state index in [0.717, 1.165) is 42.6 Å². The molecule has 0 spiro atoms. The Balaban J connectivity index is 1.97. The van der Waals surface area contributed by atoms with Gasteiger partial charge in [-0.2, -0.15) is 0 Å². The van der Waals surface area contributed by atoms with Gasteiger partial charge in [-0.05, 0) is 41.5 Å². The van der Waals surface area contributed by atoms with E-state index in [1.54, 1.807) is 0 Å². The third-order valence-corrected chi connectivity index (χ3v) is 4.02. The predicted octanol–water partition coefficient (Wildman–Crippen LogP) is 4.07. The van der Waals surface area contributed by atoms with Crippen LogP contribution < -0.4 is 15.6 Å². The molecule has 0 fully saturated rings. The van der Waals surface area contributed by atoms with Crippen LogP contribution in [-0.2, 0) is 0 Å². The number of aromatic nitrogens is 1. The van der Waals surface area contributed by atoms with Crippen molar-refractivity contribution >= 4 is 5.91 Å². The summed E-state index contributed by atoms with van der Waals surface area (Å²) >= 11 is 0. The van der Waals surface area contributed by atoms with Gasteiger partial charge >= 0.3 is 6.36 Å². The highest BCUT2D eigenvalue weighted by molar-refractivity contribution is 5.94. The first-order valence-electron chi connectivity index (χ1n) is 8.42. The molecule has 0 aliphatic carbocycles. The minimum absolute atomic E-state index is 0.0467. The highest BCUT2D eigenvalue weighted by atomic mass is 19.4. The van der Waals surface area contributed by atoms with Crippen LogP contribution >= 0.6 is 0 Å². The van der Waals surface area contributed by atoms with E-state index in [0.29, 0.717) is 0 Å². The maximum absolute atomic E-state index is 14.2. The average Bonchev–Trinajstić information content (AvgIpc) is 2.67. The van der Waals surface area contributed by atoms with Crippen molar-refractivity contribution in [1.29, 1.82) is 0 Å². The number of amides is 1. The molecule has 30 heavy (non-hydrogen) atoms. The number of carbonyl (C=O) groups is 1. The van der Waals surface area contributed by atoms with Crippen molar-refractivity contribution in [3.63, 3.8) is 0 Å². The van der Waals surface area contributed by atoms with Gasteiger partial charge in [0.05, 0.1) is 11.6 Å². The van der Waals surface area contributed by atoms with Crippen molar-refractivity contribution in [2.75, 3.05) is 0 Å². The number of ether oxygens (including phenoxy) is 1. The number of alkyl halides is 3. The molecule has 0 aliphatic rings. The SMILES string of the molecule is O=C(NC(c1cccc(F)c1)c1ccc(OC(F)(F)F)c(F)c1)c1ccc(=O)[nH]c1. The molecule has 1 aromatic heterocycles. The van der Waals surface area contributed by atoms with Crippen molar-refractivity contribution in [2.45, 2.75) is 12.4 Å². The summed E-state index contributed by atoms with van der Waals surface area (Å²) in [6.07, 6.45) is -3.93. The molecule has 5 nitrogen and oxygen atoms in total. The highest BCUT2D eigenvalue weighted by Gasteiger charge is 2.32. The molecule has 1 amide bonds. The topological polar surface area (TPSA) is 71.2 Å². The molecule has 0 aliphatic heterocycles. The van der Waals surface area contributed by atoms with E-state index in [-0.39, 0.29) is 16.7 Å². The van der Waals surface area contributed by atoms with Crippen LogP contribution in [0.5, 0.6) is 5.75 Å². The summed E-state index contributed by atoms with van der Waals surface area (Å²) in [6, 6.07) is 8.97. The molecule has 3 rings (SSSR count). The van der Waals surface area contributed by atoms with E-state index in [1.165, 1.54) is 18.2 Å². The number of pyridine rings is 1. The van der Waals surface area contributed by atoms with Crippen LogP contribution in [0.1, 0.15) is 27.5 Å². The second-order valence-corrected chi connectivity index (χ2v) is 6.14. The number of hydrogen-bond acceptors (Lipinski definition) is 3. The molecule has 1 heterocycles. The fourth-order valence-electron chi connectivity index (χ4n) is 2.72. The molecule has 0 saturated heterocycles. The Labute approximate surface area is 166 Å². The second kappa shape index (κ2) is 8.36. The van der Waals surface area contributed by atoms with Gasteiger partial charge in [0.15, 0.2) is 11.6 Å². The first-order valence-corrected chi connectivity index (χ1v) is 8.42. The number of H-pyrrole nitrogens is 1. The number of benzene rings is 2. The van der Waals surface area contributed by atoms with Gasteiger partial charge in [-0.3, -0.25) is 9.59 Å². The van der Waals surface area contributed by atoms with Crippen molar-refractivity contribution < 1.29 is 31.5 Å². The third-order valence-electron chi connectivity index (χ3n) is 4.02. The molecule has 0 radical (unpaired) electrons. The summed E-state index contributed by atoms with van der Waals surface area (Å²) in [5.74, 6) is -3.68. The van der Waals surface area contributed by atoms with Crippen LogP contribution in [0.4, 0.5) is 22.0 Å². The Morgan fingerprint density at radius 1 is 1.00 bits per heavy atom. The normalized spacial score (nSPS) is 12.3. The van der Waals surface area contributed by atoms with Crippen LogP contribution in [0, 0.1) is 11.6 Å². The molecular weight excluding hydrogens is 411 g/mol. The van der Waals surface area contributed by atoms with Gasteiger partial charge in [0.2, 0.25) is 5.56 Å². The number of hydrogen-bond donors (Lipinski definition) is 2. The molecule has 10 heteroatoms. The van der Waals surface area contributed by atoms with Crippen molar-refractivity contribution in [3.05, 3.63) is 99.5 Å². The molecule has 1 atom stereocenters. The van der Waals surface area contributed by atoms with Gasteiger partial charge in [0.25, 0.3) is 5.91 Å². The molecule has 2 N–H and O–H groups in total. The van der Waals surface area contributed by atoms with Crippen molar-refractivity contribution in [2.24, 2.45) is 0 Å². The van der Waals surface area contributed by atoms with E-state index in [4.69, 9.17) is 0 Å². The van der Waals surface area contributed by atoms with Crippen LogP contribution in [0.25, 0.3) is 0 Å². The van der Waals surface area contributed by atoms with Gasteiger partial charge in [-0.15, -0.1) is 13.2 Å². The lowest BCUT2D eigenvalue weighted by Gasteiger charge is -2.21. The lowest BCUT2D eigenvalue weighted by molar-refractivity contribution is -0.275. The van der Waals surface area contributed by atoms with E-state index < -0.39 is 41.3 Å². The zero-order valence-corrected chi connectivity index (χ0v) is 15.0. The Morgan fingerprint density at radius 3 is 2.33 bits per heavy atom. The van der Waals surface area contributed by atoms with Gasteiger partial charge in [0, 0.05) is 12.3 Å². The van der Waals surface area contributed by atoms with Gasteiger partial charge in [-0.25, -0.2) is 8.78 Å². The van der Waals surface area contributed by atoms with E-state index in [9.17, 15) is 31.5 Å². The summed E-state index contributed by atoms with van der Waals surface area (Å²) in [7, 11) is 0. The zero-order valence-electron chi connectivity index (χ0n) is 15.0. The lowest BCUT2D eigenvalue weighted by Crippen LogP contribution is -2.30. The summed E-state index contributed by atoms with van der Waals surface area (Å²) in [5.41, 5.74) is -0.105. The standard InChI is InChI=1S/C20H13F5N2O3/c21-14-3-1-2-11(8-14)18(27-19(29)13-5-7-17(28)26-10-13)12-4-6-16(15(22)9-12)30-20(23,24)25/h1-10,18H,(H,26,28)(H,27,29). The van der Waals surface area contributed by atoms with Gasteiger partial charge in [-0.1, -0.05) is 18.2 Å². The summed E-state index contributed by atoms with van der Waals surface area (Å²) in [5, 5.41) is 2.55.